The minimum absolute atomic E-state index is 0.0223. The molecule has 0 amide bonds. The molecule has 0 heterocycles. The van der Waals surface area contributed by atoms with Gasteiger partial charge in [0.25, 0.3) is 0 Å². The maximum absolute atomic E-state index is 10.3. The fourth-order valence-corrected chi connectivity index (χ4v) is 1.34. The third-order valence-corrected chi connectivity index (χ3v) is 2.01. The first kappa shape index (κ1) is 8.93. The molecule has 0 unspecified atom stereocenters. The van der Waals surface area contributed by atoms with Crippen LogP contribution in [-0.4, -0.2) is 14.7 Å². The van der Waals surface area contributed by atoms with Gasteiger partial charge in [0, 0.05) is 5.56 Å². The topological polar surface area (TPSA) is 51.2 Å². The highest BCUT2D eigenvalue weighted by molar-refractivity contribution is 7.71. The second-order valence-corrected chi connectivity index (χ2v) is 3.27. The van der Waals surface area contributed by atoms with Crippen LogP contribution in [0.3, 0.4) is 0 Å². The van der Waals surface area contributed by atoms with E-state index in [0.717, 1.165) is 0 Å². The molecule has 63 valence electrons. The minimum atomic E-state index is -2.39. The maximum atomic E-state index is 10.3. The number of rotatable bonds is 3. The SMILES string of the molecule is O=[C]c1ccc(C[SH](=O)=O)cc1. The molecular weight excluding hydrogens is 176 g/mol. The van der Waals surface area contributed by atoms with Crippen LogP contribution in [0.2, 0.25) is 0 Å². The number of hydrogen-bond acceptors (Lipinski definition) is 3. The largest absolute Gasteiger partial charge is 0.285 e. The van der Waals surface area contributed by atoms with Gasteiger partial charge in [0.05, 0.1) is 5.75 Å². The van der Waals surface area contributed by atoms with Crippen LogP contribution >= 0.6 is 0 Å². The second-order valence-electron chi connectivity index (χ2n) is 2.29. The lowest BCUT2D eigenvalue weighted by atomic mass is 10.2. The molecule has 12 heavy (non-hydrogen) atoms. The zero-order valence-corrected chi connectivity index (χ0v) is 7.08. The van der Waals surface area contributed by atoms with E-state index in [0.29, 0.717) is 11.1 Å². The number of benzene rings is 1. The summed E-state index contributed by atoms with van der Waals surface area (Å²) in [5, 5.41) is 0. The first-order valence-electron chi connectivity index (χ1n) is 3.31. The van der Waals surface area contributed by atoms with Crippen molar-refractivity contribution in [2.75, 3.05) is 0 Å². The molecule has 4 heteroatoms. The molecule has 0 bridgehead atoms. The maximum Gasteiger partial charge on any atom is 0.233 e. The Balaban J connectivity index is 2.84. The zero-order chi connectivity index (χ0) is 8.97. The fraction of sp³-hybridized carbons (Fsp3) is 0.125. The molecule has 0 aliphatic heterocycles. The Morgan fingerprint density at radius 1 is 1.17 bits per heavy atom. The van der Waals surface area contributed by atoms with Crippen molar-refractivity contribution in [1.29, 1.82) is 0 Å². The van der Waals surface area contributed by atoms with Crippen molar-refractivity contribution in [3.05, 3.63) is 35.4 Å². The number of hydrogen-bond donors (Lipinski definition) is 1. The fourth-order valence-electron chi connectivity index (χ4n) is 0.827. The Labute approximate surface area is 72.0 Å². The lowest BCUT2D eigenvalue weighted by Crippen LogP contribution is -1.87. The van der Waals surface area contributed by atoms with Gasteiger partial charge in [0.15, 0.2) is 0 Å². The summed E-state index contributed by atoms with van der Waals surface area (Å²) in [6.07, 6.45) is 1.71. The van der Waals surface area contributed by atoms with Gasteiger partial charge in [-0.25, -0.2) is 8.42 Å². The quantitative estimate of drug-likeness (QED) is 0.684. The standard InChI is InChI=1S/C8H7O3S/c9-5-7-1-3-8(4-2-7)6-12(10)11/h1-4,12H,6H2. The Hall–Kier alpha value is -1.16. The van der Waals surface area contributed by atoms with Gasteiger partial charge in [-0.2, -0.15) is 0 Å². The highest BCUT2D eigenvalue weighted by Crippen LogP contribution is 2.02. The molecule has 0 aliphatic rings. The van der Waals surface area contributed by atoms with E-state index in [-0.39, 0.29) is 5.75 Å². The van der Waals surface area contributed by atoms with E-state index in [4.69, 9.17) is 0 Å². The third-order valence-electron chi connectivity index (χ3n) is 1.38. The monoisotopic (exact) mass is 183 g/mol. The second kappa shape index (κ2) is 4.01. The molecule has 1 radical (unpaired) electrons. The summed E-state index contributed by atoms with van der Waals surface area (Å²) in [6.45, 7) is 0. The molecule has 0 saturated heterocycles. The van der Waals surface area contributed by atoms with Crippen LogP contribution < -0.4 is 0 Å². The van der Waals surface area contributed by atoms with E-state index in [1.54, 1.807) is 30.6 Å². The summed E-state index contributed by atoms with van der Waals surface area (Å²) >= 11 is 0. The zero-order valence-electron chi connectivity index (χ0n) is 6.19. The van der Waals surface area contributed by atoms with Crippen molar-refractivity contribution < 1.29 is 13.2 Å². The van der Waals surface area contributed by atoms with Gasteiger partial charge in [-0.05, 0) is 5.56 Å². The Morgan fingerprint density at radius 3 is 2.17 bits per heavy atom. The number of carbonyl (C=O) groups excluding carboxylic acids is 1. The molecule has 0 spiro atoms. The summed E-state index contributed by atoms with van der Waals surface area (Å²) < 4.78 is 20.6. The van der Waals surface area contributed by atoms with Crippen molar-refractivity contribution in [3.63, 3.8) is 0 Å². The molecule has 1 rings (SSSR count). The van der Waals surface area contributed by atoms with E-state index < -0.39 is 10.7 Å². The molecule has 0 aliphatic carbocycles. The van der Waals surface area contributed by atoms with Crippen LogP contribution in [-0.2, 0) is 21.3 Å². The summed E-state index contributed by atoms with van der Waals surface area (Å²) in [5.74, 6) is 0.0223. The highest BCUT2D eigenvalue weighted by Gasteiger charge is 1.94. The van der Waals surface area contributed by atoms with Crippen LogP contribution in [0.25, 0.3) is 0 Å². The summed E-state index contributed by atoms with van der Waals surface area (Å²) in [5.41, 5.74) is 1.12. The van der Waals surface area contributed by atoms with Gasteiger partial charge in [-0.15, -0.1) is 0 Å². The minimum Gasteiger partial charge on any atom is -0.285 e. The van der Waals surface area contributed by atoms with Gasteiger partial charge in [0.1, 0.15) is 10.7 Å². The average molecular weight is 183 g/mol. The molecule has 1 aromatic carbocycles. The van der Waals surface area contributed by atoms with Crippen LogP contribution in [0.15, 0.2) is 24.3 Å². The van der Waals surface area contributed by atoms with Crippen molar-refractivity contribution in [2.45, 2.75) is 5.75 Å². The molecule has 0 saturated carbocycles. The lowest BCUT2D eigenvalue weighted by Gasteiger charge is -1.93. The predicted molar refractivity (Wildman–Crippen MR) is 45.3 cm³/mol. The van der Waals surface area contributed by atoms with Gasteiger partial charge in [0.2, 0.25) is 6.29 Å². The van der Waals surface area contributed by atoms with Crippen molar-refractivity contribution in [1.82, 2.24) is 0 Å². The molecule has 0 fully saturated rings. The Morgan fingerprint density at radius 2 is 1.75 bits per heavy atom. The van der Waals surface area contributed by atoms with E-state index in [1.807, 2.05) is 0 Å². The van der Waals surface area contributed by atoms with Crippen LogP contribution in [0, 0.1) is 0 Å². The highest BCUT2D eigenvalue weighted by atomic mass is 32.2. The summed E-state index contributed by atoms with van der Waals surface area (Å²) in [4.78, 5) is 10.1. The van der Waals surface area contributed by atoms with Crippen molar-refractivity contribution in [3.8, 4) is 0 Å². The first-order chi connectivity index (χ1) is 5.72. The molecule has 0 N–H and O–H groups in total. The van der Waals surface area contributed by atoms with Crippen molar-refractivity contribution >= 4 is 17.0 Å². The predicted octanol–water partition coefficient (Wildman–Crippen LogP) is 0.256. The normalized spacial score (nSPS) is 10.1. The van der Waals surface area contributed by atoms with Gasteiger partial charge >= 0.3 is 0 Å². The lowest BCUT2D eigenvalue weighted by molar-refractivity contribution is 0.563. The summed E-state index contributed by atoms with van der Waals surface area (Å²) in [7, 11) is -2.39. The van der Waals surface area contributed by atoms with Gasteiger partial charge in [-0.1, -0.05) is 24.3 Å². The molecule has 3 nitrogen and oxygen atoms in total. The Bertz CT molecular complexity index is 330. The van der Waals surface area contributed by atoms with E-state index >= 15 is 0 Å². The molecular formula is C8H7O3S. The van der Waals surface area contributed by atoms with E-state index in [2.05, 4.69) is 0 Å². The van der Waals surface area contributed by atoms with Crippen LogP contribution in [0.5, 0.6) is 0 Å². The Kier molecular flexibility index (Phi) is 2.99. The summed E-state index contributed by atoms with van der Waals surface area (Å²) in [6, 6.07) is 6.29. The molecule has 0 atom stereocenters. The van der Waals surface area contributed by atoms with Crippen LogP contribution in [0.4, 0.5) is 0 Å². The van der Waals surface area contributed by atoms with E-state index in [9.17, 15) is 13.2 Å². The van der Waals surface area contributed by atoms with E-state index in [1.165, 1.54) is 0 Å². The molecule has 0 aromatic heterocycles. The number of thiol groups is 1. The third kappa shape index (κ3) is 2.47. The smallest absolute Gasteiger partial charge is 0.233 e. The molecule has 1 aromatic rings. The van der Waals surface area contributed by atoms with Crippen LogP contribution in [0.1, 0.15) is 11.1 Å². The van der Waals surface area contributed by atoms with Crippen molar-refractivity contribution in [2.24, 2.45) is 0 Å². The first-order valence-corrected chi connectivity index (χ1v) is 4.67. The van der Waals surface area contributed by atoms with Gasteiger partial charge < -0.3 is 0 Å². The van der Waals surface area contributed by atoms with Gasteiger partial charge in [-0.3, -0.25) is 4.79 Å². The average Bonchev–Trinajstić information content (AvgIpc) is 2.05.